The van der Waals surface area contributed by atoms with Gasteiger partial charge in [0.05, 0.1) is 12.1 Å². The van der Waals surface area contributed by atoms with E-state index in [1.807, 2.05) is 25.1 Å². The Balaban J connectivity index is 1.98. The highest BCUT2D eigenvalue weighted by Crippen LogP contribution is 2.26. The summed E-state index contributed by atoms with van der Waals surface area (Å²) in [5.74, 6) is 0.675. The summed E-state index contributed by atoms with van der Waals surface area (Å²) in [6.07, 6.45) is 1.57. The van der Waals surface area contributed by atoms with E-state index in [0.29, 0.717) is 5.89 Å². The van der Waals surface area contributed by atoms with Crippen LogP contribution in [0.1, 0.15) is 30.3 Å². The zero-order chi connectivity index (χ0) is 11.8. The van der Waals surface area contributed by atoms with Crippen molar-refractivity contribution in [2.24, 2.45) is 0 Å². The smallest absolute Gasteiger partial charge is 0.192 e. The molecular weight excluding hydrogens is 216 g/mol. The highest BCUT2D eigenvalue weighted by molar-refractivity contribution is 5.73. The molecule has 1 fully saturated rings. The van der Waals surface area contributed by atoms with E-state index in [-0.39, 0.29) is 12.1 Å². The molecule has 90 valence electrons. The monoisotopic (exact) mass is 232 g/mol. The van der Waals surface area contributed by atoms with Gasteiger partial charge in [0.25, 0.3) is 0 Å². The number of aliphatic hydroxyl groups is 1. The summed E-state index contributed by atoms with van der Waals surface area (Å²) in [6.45, 7) is 2.79. The molecule has 2 unspecified atom stereocenters. The summed E-state index contributed by atoms with van der Waals surface area (Å²) in [7, 11) is 0. The van der Waals surface area contributed by atoms with Crippen LogP contribution in [0.2, 0.25) is 0 Å². The van der Waals surface area contributed by atoms with Crippen LogP contribution in [-0.2, 0) is 0 Å². The molecule has 1 aromatic heterocycles. The van der Waals surface area contributed by atoms with Crippen LogP contribution in [0.5, 0.6) is 0 Å². The predicted molar refractivity (Wildman–Crippen MR) is 64.7 cm³/mol. The van der Waals surface area contributed by atoms with Crippen LogP contribution in [0.4, 0.5) is 0 Å². The Kier molecular flexibility index (Phi) is 2.61. The molecule has 0 spiro atoms. The molecule has 0 saturated carbocycles. The van der Waals surface area contributed by atoms with E-state index in [2.05, 4.69) is 10.3 Å². The number of nitrogens with zero attached hydrogens (tertiary/aromatic N) is 1. The minimum Gasteiger partial charge on any atom is -0.441 e. The van der Waals surface area contributed by atoms with Gasteiger partial charge in [-0.15, -0.1) is 0 Å². The van der Waals surface area contributed by atoms with E-state index in [0.717, 1.165) is 36.0 Å². The first-order valence-corrected chi connectivity index (χ1v) is 6.02. The lowest BCUT2D eigenvalue weighted by Crippen LogP contribution is -2.37. The number of piperidine rings is 1. The molecule has 1 aliphatic rings. The van der Waals surface area contributed by atoms with Gasteiger partial charge in [-0.3, -0.25) is 0 Å². The van der Waals surface area contributed by atoms with E-state index >= 15 is 0 Å². The molecule has 2 atom stereocenters. The highest BCUT2D eigenvalue weighted by Gasteiger charge is 2.24. The molecule has 1 saturated heterocycles. The third-order valence-electron chi connectivity index (χ3n) is 3.30. The molecule has 0 bridgehead atoms. The standard InChI is InChI=1S/C13H16N2O2/c1-8-15-10-5-4-9(7-12(10)17-8)13-11(16)3-2-6-14-13/h4-5,7,11,13-14,16H,2-3,6H2,1H3. The van der Waals surface area contributed by atoms with Gasteiger partial charge in [-0.05, 0) is 37.1 Å². The second kappa shape index (κ2) is 4.13. The van der Waals surface area contributed by atoms with Crippen molar-refractivity contribution in [2.45, 2.75) is 31.9 Å². The molecule has 1 aliphatic heterocycles. The number of hydrogen-bond donors (Lipinski definition) is 2. The molecule has 2 heterocycles. The molecule has 0 amide bonds. The zero-order valence-electron chi connectivity index (χ0n) is 9.81. The van der Waals surface area contributed by atoms with Crippen LogP contribution in [-0.4, -0.2) is 22.7 Å². The van der Waals surface area contributed by atoms with Gasteiger partial charge in [-0.25, -0.2) is 4.98 Å². The van der Waals surface area contributed by atoms with E-state index in [1.54, 1.807) is 0 Å². The second-order valence-electron chi connectivity index (χ2n) is 4.60. The number of fused-ring (bicyclic) bond motifs is 1. The molecule has 4 nitrogen and oxygen atoms in total. The van der Waals surface area contributed by atoms with Gasteiger partial charge in [0.1, 0.15) is 5.52 Å². The summed E-state index contributed by atoms with van der Waals surface area (Å²) in [4.78, 5) is 4.27. The largest absolute Gasteiger partial charge is 0.441 e. The third kappa shape index (κ3) is 1.94. The van der Waals surface area contributed by atoms with Gasteiger partial charge < -0.3 is 14.8 Å². The maximum absolute atomic E-state index is 9.99. The topological polar surface area (TPSA) is 58.3 Å². The van der Waals surface area contributed by atoms with Crippen LogP contribution in [0.25, 0.3) is 11.1 Å². The summed E-state index contributed by atoms with van der Waals surface area (Å²) in [6, 6.07) is 5.95. The second-order valence-corrected chi connectivity index (χ2v) is 4.60. The number of nitrogens with one attached hydrogen (secondary N) is 1. The molecule has 4 heteroatoms. The van der Waals surface area contributed by atoms with E-state index in [1.165, 1.54) is 0 Å². The fraction of sp³-hybridized carbons (Fsp3) is 0.462. The highest BCUT2D eigenvalue weighted by atomic mass is 16.3. The van der Waals surface area contributed by atoms with Crippen LogP contribution < -0.4 is 5.32 Å². The Morgan fingerprint density at radius 2 is 2.35 bits per heavy atom. The molecule has 3 rings (SSSR count). The fourth-order valence-electron chi connectivity index (χ4n) is 2.46. The lowest BCUT2D eigenvalue weighted by molar-refractivity contribution is 0.0966. The van der Waals surface area contributed by atoms with Gasteiger partial charge in [-0.2, -0.15) is 0 Å². The summed E-state index contributed by atoms with van der Waals surface area (Å²) >= 11 is 0. The number of aromatic nitrogens is 1. The van der Waals surface area contributed by atoms with E-state index in [9.17, 15) is 5.11 Å². The first-order valence-electron chi connectivity index (χ1n) is 6.02. The van der Waals surface area contributed by atoms with Crippen molar-refractivity contribution in [1.29, 1.82) is 0 Å². The van der Waals surface area contributed by atoms with Crippen molar-refractivity contribution in [3.05, 3.63) is 29.7 Å². The normalized spacial score (nSPS) is 25.3. The third-order valence-corrected chi connectivity index (χ3v) is 3.30. The first kappa shape index (κ1) is 10.7. The molecule has 2 aromatic rings. The number of aliphatic hydroxyl groups excluding tert-OH is 1. The predicted octanol–water partition coefficient (Wildman–Crippen LogP) is 1.92. The average Bonchev–Trinajstić information content (AvgIpc) is 2.68. The van der Waals surface area contributed by atoms with Gasteiger partial charge in [0.2, 0.25) is 0 Å². The van der Waals surface area contributed by atoms with Crippen molar-refractivity contribution in [3.8, 4) is 0 Å². The van der Waals surface area contributed by atoms with Crippen LogP contribution >= 0.6 is 0 Å². The number of aryl methyl sites for hydroxylation is 1. The lowest BCUT2D eigenvalue weighted by atomic mass is 9.94. The van der Waals surface area contributed by atoms with Crippen molar-refractivity contribution < 1.29 is 9.52 Å². The van der Waals surface area contributed by atoms with Crippen LogP contribution in [0, 0.1) is 6.92 Å². The molecule has 0 radical (unpaired) electrons. The van der Waals surface area contributed by atoms with Crippen molar-refractivity contribution in [1.82, 2.24) is 10.3 Å². The number of rotatable bonds is 1. The number of hydrogen-bond acceptors (Lipinski definition) is 4. The quantitative estimate of drug-likeness (QED) is 0.788. The molecule has 2 N–H and O–H groups in total. The van der Waals surface area contributed by atoms with E-state index in [4.69, 9.17) is 4.42 Å². The summed E-state index contributed by atoms with van der Waals surface area (Å²) in [5, 5.41) is 13.3. The Morgan fingerprint density at radius 1 is 1.47 bits per heavy atom. The minimum atomic E-state index is -0.315. The van der Waals surface area contributed by atoms with Crippen LogP contribution in [0.3, 0.4) is 0 Å². The Labute approximate surface area is 99.7 Å². The van der Waals surface area contributed by atoms with E-state index < -0.39 is 0 Å². The molecular formula is C13H16N2O2. The van der Waals surface area contributed by atoms with Gasteiger partial charge in [0, 0.05) is 6.92 Å². The van der Waals surface area contributed by atoms with Crippen LogP contribution in [0.15, 0.2) is 22.6 Å². The van der Waals surface area contributed by atoms with Crippen molar-refractivity contribution in [2.75, 3.05) is 6.54 Å². The van der Waals surface area contributed by atoms with Crippen molar-refractivity contribution >= 4 is 11.1 Å². The van der Waals surface area contributed by atoms with Gasteiger partial charge >= 0.3 is 0 Å². The number of benzene rings is 1. The average molecular weight is 232 g/mol. The maximum atomic E-state index is 9.99. The van der Waals surface area contributed by atoms with Gasteiger partial charge in [0.15, 0.2) is 11.5 Å². The molecule has 0 aliphatic carbocycles. The fourth-order valence-corrected chi connectivity index (χ4v) is 2.46. The Bertz CT molecular complexity index is 535. The minimum absolute atomic E-state index is 0.0126. The van der Waals surface area contributed by atoms with Gasteiger partial charge in [-0.1, -0.05) is 6.07 Å². The Morgan fingerprint density at radius 3 is 3.18 bits per heavy atom. The number of oxazole rings is 1. The lowest BCUT2D eigenvalue weighted by Gasteiger charge is -2.29. The zero-order valence-corrected chi connectivity index (χ0v) is 9.81. The SMILES string of the molecule is Cc1nc2ccc(C3NCCCC3O)cc2o1. The summed E-state index contributed by atoms with van der Waals surface area (Å²) in [5.41, 5.74) is 2.73. The molecule has 1 aromatic carbocycles. The first-order chi connectivity index (χ1) is 8.24. The Hall–Kier alpha value is -1.39. The maximum Gasteiger partial charge on any atom is 0.192 e. The van der Waals surface area contributed by atoms with Crippen molar-refractivity contribution in [3.63, 3.8) is 0 Å². The molecule has 17 heavy (non-hydrogen) atoms. The summed E-state index contributed by atoms with van der Waals surface area (Å²) < 4.78 is 5.51.